The van der Waals surface area contributed by atoms with Gasteiger partial charge < -0.3 is 10.4 Å². The number of carbonyl (C=O) groups is 1. The van der Waals surface area contributed by atoms with Gasteiger partial charge in [-0.25, -0.2) is 0 Å². The van der Waals surface area contributed by atoms with Crippen molar-refractivity contribution in [1.29, 1.82) is 0 Å². The molecule has 2 N–H and O–H groups in total. The van der Waals surface area contributed by atoms with Crippen LogP contribution in [0.25, 0.3) is 0 Å². The standard InChI is InChI=1S/C14H27NO2/c1-13(2)11(14(13,3)4)12(17)15-9-7-5-6-8-10-16/h11,16H,5-10H2,1-4H3,(H,15,17). The van der Waals surface area contributed by atoms with E-state index in [1.807, 2.05) is 0 Å². The van der Waals surface area contributed by atoms with Crippen LogP contribution in [0.5, 0.6) is 0 Å². The summed E-state index contributed by atoms with van der Waals surface area (Å²) in [6.07, 6.45) is 4.01. The Labute approximate surface area is 105 Å². The highest BCUT2D eigenvalue weighted by molar-refractivity contribution is 5.84. The Balaban J connectivity index is 2.15. The van der Waals surface area contributed by atoms with Crippen LogP contribution in [-0.4, -0.2) is 24.2 Å². The SMILES string of the molecule is CC1(C)C(C(=O)NCCCCCCO)C1(C)C. The van der Waals surface area contributed by atoms with Gasteiger partial charge in [-0.3, -0.25) is 4.79 Å². The smallest absolute Gasteiger partial charge is 0.224 e. The lowest BCUT2D eigenvalue weighted by Crippen LogP contribution is -2.28. The Kier molecular flexibility index (Phi) is 4.59. The van der Waals surface area contributed by atoms with Gasteiger partial charge in [-0.15, -0.1) is 0 Å². The Morgan fingerprint density at radius 1 is 1.06 bits per heavy atom. The van der Waals surface area contributed by atoms with Crippen LogP contribution in [-0.2, 0) is 4.79 Å². The quantitative estimate of drug-likeness (QED) is 0.672. The Hall–Kier alpha value is -0.570. The normalized spacial score (nSPS) is 21.2. The minimum atomic E-state index is 0.133. The summed E-state index contributed by atoms with van der Waals surface area (Å²) in [5.74, 6) is 0.370. The molecule has 1 amide bonds. The molecule has 0 spiro atoms. The number of hydrogen-bond acceptors (Lipinski definition) is 2. The van der Waals surface area contributed by atoms with Crippen molar-refractivity contribution in [1.82, 2.24) is 5.32 Å². The van der Waals surface area contributed by atoms with Crippen LogP contribution < -0.4 is 5.32 Å². The maximum Gasteiger partial charge on any atom is 0.224 e. The maximum atomic E-state index is 12.0. The third-order valence-corrected chi connectivity index (χ3v) is 4.67. The minimum Gasteiger partial charge on any atom is -0.396 e. The summed E-state index contributed by atoms with van der Waals surface area (Å²) in [5, 5.41) is 11.7. The number of nitrogens with one attached hydrogen (secondary N) is 1. The molecule has 0 aliphatic heterocycles. The zero-order valence-corrected chi connectivity index (χ0v) is 11.7. The predicted molar refractivity (Wildman–Crippen MR) is 69.6 cm³/mol. The number of unbranched alkanes of at least 4 members (excludes halogenated alkanes) is 3. The fraction of sp³-hybridized carbons (Fsp3) is 0.929. The van der Waals surface area contributed by atoms with E-state index < -0.39 is 0 Å². The molecule has 3 nitrogen and oxygen atoms in total. The first-order valence-corrected chi connectivity index (χ1v) is 6.74. The number of rotatable bonds is 7. The largest absolute Gasteiger partial charge is 0.396 e. The van der Waals surface area contributed by atoms with Gasteiger partial charge in [-0.2, -0.15) is 0 Å². The summed E-state index contributed by atoms with van der Waals surface area (Å²) in [7, 11) is 0. The molecule has 0 aromatic carbocycles. The number of aliphatic hydroxyl groups excluding tert-OH is 1. The first-order chi connectivity index (χ1) is 7.85. The second-order valence-corrected chi connectivity index (χ2v) is 6.31. The molecule has 0 atom stereocenters. The van der Waals surface area contributed by atoms with Gasteiger partial charge in [0.25, 0.3) is 0 Å². The summed E-state index contributed by atoms with van der Waals surface area (Å²) < 4.78 is 0. The molecule has 1 rings (SSSR count). The number of amides is 1. The summed E-state index contributed by atoms with van der Waals surface area (Å²) in [4.78, 5) is 12.0. The van der Waals surface area contributed by atoms with Gasteiger partial charge in [0.1, 0.15) is 0 Å². The third kappa shape index (κ3) is 3.01. The molecule has 1 saturated carbocycles. The number of carbonyl (C=O) groups excluding carboxylic acids is 1. The van der Waals surface area contributed by atoms with Gasteiger partial charge in [-0.1, -0.05) is 40.5 Å². The highest BCUT2D eigenvalue weighted by atomic mass is 16.2. The van der Waals surface area contributed by atoms with Crippen molar-refractivity contribution in [3.05, 3.63) is 0 Å². The van der Waals surface area contributed by atoms with Crippen molar-refractivity contribution in [2.45, 2.75) is 53.4 Å². The van der Waals surface area contributed by atoms with Gasteiger partial charge in [0.05, 0.1) is 0 Å². The number of hydrogen-bond donors (Lipinski definition) is 2. The van der Waals surface area contributed by atoms with E-state index in [1.54, 1.807) is 0 Å². The zero-order chi connectivity index (χ0) is 13.1. The maximum absolute atomic E-state index is 12.0. The Bertz CT molecular complexity index is 257. The van der Waals surface area contributed by atoms with Crippen LogP contribution in [0.4, 0.5) is 0 Å². The topological polar surface area (TPSA) is 49.3 Å². The van der Waals surface area contributed by atoms with E-state index in [2.05, 4.69) is 33.0 Å². The lowest BCUT2D eigenvalue weighted by atomic mass is 10.0. The van der Waals surface area contributed by atoms with E-state index in [1.165, 1.54) is 0 Å². The molecule has 0 aromatic heterocycles. The molecular formula is C14H27NO2. The highest BCUT2D eigenvalue weighted by Crippen LogP contribution is 2.68. The molecule has 0 heterocycles. The summed E-state index contributed by atoms with van der Waals surface area (Å²) in [6.45, 7) is 9.71. The van der Waals surface area contributed by atoms with E-state index in [0.717, 1.165) is 32.2 Å². The van der Waals surface area contributed by atoms with Crippen LogP contribution >= 0.6 is 0 Å². The van der Waals surface area contributed by atoms with Crippen molar-refractivity contribution < 1.29 is 9.90 Å². The lowest BCUT2D eigenvalue weighted by Gasteiger charge is -2.06. The molecule has 0 saturated heterocycles. The van der Waals surface area contributed by atoms with Gasteiger partial charge >= 0.3 is 0 Å². The molecule has 0 aromatic rings. The van der Waals surface area contributed by atoms with Crippen molar-refractivity contribution in [3.63, 3.8) is 0 Å². The monoisotopic (exact) mass is 241 g/mol. The average Bonchev–Trinajstić information content (AvgIpc) is 2.63. The Morgan fingerprint density at radius 2 is 1.59 bits per heavy atom. The van der Waals surface area contributed by atoms with Crippen LogP contribution in [0.2, 0.25) is 0 Å². The van der Waals surface area contributed by atoms with Crippen LogP contribution in [0.3, 0.4) is 0 Å². The van der Waals surface area contributed by atoms with Gasteiger partial charge in [-0.05, 0) is 23.7 Å². The summed E-state index contributed by atoms with van der Waals surface area (Å²) in [6, 6.07) is 0. The van der Waals surface area contributed by atoms with Crippen molar-refractivity contribution in [2.75, 3.05) is 13.2 Å². The molecule has 3 heteroatoms. The van der Waals surface area contributed by atoms with Crippen LogP contribution in [0, 0.1) is 16.7 Å². The van der Waals surface area contributed by atoms with Gasteiger partial charge in [0.2, 0.25) is 5.91 Å². The van der Waals surface area contributed by atoms with Crippen molar-refractivity contribution >= 4 is 5.91 Å². The first-order valence-electron chi connectivity index (χ1n) is 6.74. The average molecular weight is 241 g/mol. The molecule has 0 unspecified atom stereocenters. The van der Waals surface area contributed by atoms with Gasteiger partial charge in [0.15, 0.2) is 0 Å². The zero-order valence-electron chi connectivity index (χ0n) is 11.7. The van der Waals surface area contributed by atoms with Crippen molar-refractivity contribution in [2.24, 2.45) is 16.7 Å². The molecule has 1 aliphatic rings. The van der Waals surface area contributed by atoms with E-state index in [-0.39, 0.29) is 29.3 Å². The van der Waals surface area contributed by atoms with Crippen molar-refractivity contribution in [3.8, 4) is 0 Å². The Morgan fingerprint density at radius 3 is 2.06 bits per heavy atom. The fourth-order valence-electron chi connectivity index (χ4n) is 2.76. The summed E-state index contributed by atoms with van der Waals surface area (Å²) in [5.41, 5.74) is 0.266. The first kappa shape index (κ1) is 14.5. The molecule has 0 radical (unpaired) electrons. The predicted octanol–water partition coefficient (Wildman–Crippen LogP) is 2.34. The van der Waals surface area contributed by atoms with Crippen LogP contribution in [0.15, 0.2) is 0 Å². The lowest BCUT2D eigenvalue weighted by molar-refractivity contribution is -0.123. The second-order valence-electron chi connectivity index (χ2n) is 6.31. The number of aliphatic hydroxyl groups is 1. The molecular weight excluding hydrogens is 214 g/mol. The van der Waals surface area contributed by atoms with Gasteiger partial charge in [0, 0.05) is 19.1 Å². The van der Waals surface area contributed by atoms with E-state index in [4.69, 9.17) is 5.11 Å². The molecule has 1 fully saturated rings. The van der Waals surface area contributed by atoms with E-state index in [9.17, 15) is 4.79 Å². The van der Waals surface area contributed by atoms with E-state index in [0.29, 0.717) is 0 Å². The molecule has 17 heavy (non-hydrogen) atoms. The summed E-state index contributed by atoms with van der Waals surface area (Å²) >= 11 is 0. The highest BCUT2D eigenvalue weighted by Gasteiger charge is 2.68. The minimum absolute atomic E-state index is 0.133. The molecule has 100 valence electrons. The van der Waals surface area contributed by atoms with Crippen LogP contribution in [0.1, 0.15) is 53.4 Å². The molecule has 1 aliphatic carbocycles. The second kappa shape index (κ2) is 5.38. The van der Waals surface area contributed by atoms with E-state index >= 15 is 0 Å². The fourth-order valence-corrected chi connectivity index (χ4v) is 2.76. The molecule has 0 bridgehead atoms. The third-order valence-electron chi connectivity index (χ3n) is 4.67.